The Bertz CT molecular complexity index is 204. The van der Waals surface area contributed by atoms with Crippen LogP contribution < -0.4 is 5.32 Å². The molecule has 0 saturated carbocycles. The molecule has 1 saturated heterocycles. The van der Waals surface area contributed by atoms with Crippen LogP contribution in [0.25, 0.3) is 0 Å². The Hall–Kier alpha value is -0.780. The summed E-state index contributed by atoms with van der Waals surface area (Å²) in [6, 6.07) is -1.89. The van der Waals surface area contributed by atoms with E-state index in [1.165, 1.54) is 0 Å². The largest absolute Gasteiger partial charge is 0.481 e. The summed E-state index contributed by atoms with van der Waals surface area (Å²) in [5.74, 6) is -2.72. The quantitative estimate of drug-likeness (QED) is 0.659. The molecule has 1 fully saturated rings. The van der Waals surface area contributed by atoms with Crippen molar-refractivity contribution in [3.05, 3.63) is 0 Å². The highest BCUT2D eigenvalue weighted by molar-refractivity contribution is 5.71. The smallest absolute Gasteiger partial charge is 0.404 e. The molecule has 0 aromatic rings. The molecule has 2 N–H and O–H groups in total. The molecule has 0 radical (unpaired) electrons. The number of aliphatic carboxylic acids is 1. The van der Waals surface area contributed by atoms with Crippen molar-refractivity contribution >= 4 is 5.97 Å². The average molecular weight is 197 g/mol. The minimum absolute atomic E-state index is 0.0898. The molecule has 0 unspecified atom stereocenters. The fourth-order valence-electron chi connectivity index (χ4n) is 1.50. The number of carbonyl (C=O) groups is 1. The molecule has 6 heteroatoms. The second-order valence-electron chi connectivity index (χ2n) is 3.06. The van der Waals surface area contributed by atoms with E-state index in [1.54, 1.807) is 0 Å². The molecule has 1 heterocycles. The number of halogens is 3. The van der Waals surface area contributed by atoms with Crippen molar-refractivity contribution in [2.45, 2.75) is 25.1 Å². The monoisotopic (exact) mass is 197 g/mol. The third-order valence-corrected chi connectivity index (χ3v) is 2.13. The van der Waals surface area contributed by atoms with Gasteiger partial charge in [0.2, 0.25) is 0 Å². The molecule has 0 amide bonds. The van der Waals surface area contributed by atoms with Crippen LogP contribution >= 0.6 is 0 Å². The summed E-state index contributed by atoms with van der Waals surface area (Å²) in [6.07, 6.45) is -3.90. The minimum atomic E-state index is -4.47. The van der Waals surface area contributed by atoms with Gasteiger partial charge in [-0.05, 0) is 19.4 Å². The average Bonchev–Trinajstić information content (AvgIpc) is 2.03. The van der Waals surface area contributed by atoms with E-state index in [0.29, 0.717) is 6.42 Å². The van der Waals surface area contributed by atoms with Crippen molar-refractivity contribution in [2.24, 2.45) is 5.92 Å². The number of hydrogen-bond donors (Lipinski definition) is 2. The first-order valence-electron chi connectivity index (χ1n) is 3.96. The summed E-state index contributed by atoms with van der Waals surface area (Å²) in [4.78, 5) is 10.5. The van der Waals surface area contributed by atoms with E-state index < -0.39 is 24.1 Å². The highest BCUT2D eigenvalue weighted by Gasteiger charge is 2.48. The molecule has 0 aromatic heterocycles. The molecule has 3 nitrogen and oxygen atoms in total. The fourth-order valence-corrected chi connectivity index (χ4v) is 1.50. The van der Waals surface area contributed by atoms with E-state index in [4.69, 9.17) is 5.11 Å². The zero-order valence-electron chi connectivity index (χ0n) is 6.77. The summed E-state index contributed by atoms with van der Waals surface area (Å²) >= 11 is 0. The second kappa shape index (κ2) is 3.53. The SMILES string of the molecule is O=C(O)[C@@H]1CCCN[C@@H]1C(F)(F)F. The summed E-state index contributed by atoms with van der Waals surface area (Å²) in [6.45, 7) is 0.230. The normalized spacial score (nSPS) is 30.1. The van der Waals surface area contributed by atoms with Crippen molar-refractivity contribution in [3.8, 4) is 0 Å². The molecule has 0 aromatic carbocycles. The summed E-state index contributed by atoms with van der Waals surface area (Å²) in [5.41, 5.74) is 0. The van der Waals surface area contributed by atoms with Crippen molar-refractivity contribution < 1.29 is 23.1 Å². The third kappa shape index (κ3) is 2.33. The molecular weight excluding hydrogens is 187 g/mol. The Morgan fingerprint density at radius 3 is 2.46 bits per heavy atom. The molecule has 1 rings (SSSR count). The van der Waals surface area contributed by atoms with E-state index in [9.17, 15) is 18.0 Å². The number of carboxylic acids is 1. The van der Waals surface area contributed by atoms with Gasteiger partial charge in [0.25, 0.3) is 0 Å². The first-order chi connectivity index (χ1) is 5.93. The predicted molar refractivity (Wildman–Crippen MR) is 38.2 cm³/mol. The fraction of sp³-hybridized carbons (Fsp3) is 0.857. The molecule has 13 heavy (non-hydrogen) atoms. The molecular formula is C7H10F3NO2. The van der Waals surface area contributed by atoms with Crippen molar-refractivity contribution in [3.63, 3.8) is 0 Å². The summed E-state index contributed by atoms with van der Waals surface area (Å²) < 4.78 is 36.7. The van der Waals surface area contributed by atoms with Crippen LogP contribution in [0.4, 0.5) is 13.2 Å². The number of alkyl halides is 3. The van der Waals surface area contributed by atoms with Crippen LogP contribution in [0.2, 0.25) is 0 Å². The van der Waals surface area contributed by atoms with Gasteiger partial charge in [-0.25, -0.2) is 0 Å². The molecule has 0 bridgehead atoms. The summed E-state index contributed by atoms with van der Waals surface area (Å²) in [5, 5.41) is 10.7. The minimum Gasteiger partial charge on any atom is -0.481 e. The topological polar surface area (TPSA) is 49.3 Å². The van der Waals surface area contributed by atoms with Crippen molar-refractivity contribution in [1.29, 1.82) is 0 Å². The lowest BCUT2D eigenvalue weighted by atomic mass is 9.90. The van der Waals surface area contributed by atoms with Crippen LogP contribution in [-0.4, -0.2) is 29.8 Å². The lowest BCUT2D eigenvalue weighted by Gasteiger charge is -2.31. The first kappa shape index (κ1) is 10.3. The van der Waals surface area contributed by atoms with Gasteiger partial charge in [0.1, 0.15) is 6.04 Å². The van der Waals surface area contributed by atoms with Gasteiger partial charge in [-0.3, -0.25) is 4.79 Å². The maximum Gasteiger partial charge on any atom is 0.404 e. The van der Waals surface area contributed by atoms with Crippen LogP contribution in [0.15, 0.2) is 0 Å². The van der Waals surface area contributed by atoms with E-state index in [-0.39, 0.29) is 13.0 Å². The Balaban J connectivity index is 2.73. The van der Waals surface area contributed by atoms with Crippen LogP contribution in [0, 0.1) is 5.92 Å². The Morgan fingerprint density at radius 2 is 2.08 bits per heavy atom. The summed E-state index contributed by atoms with van der Waals surface area (Å²) in [7, 11) is 0. The van der Waals surface area contributed by atoms with Gasteiger partial charge >= 0.3 is 12.1 Å². The zero-order chi connectivity index (χ0) is 10.1. The maximum atomic E-state index is 12.2. The third-order valence-electron chi connectivity index (χ3n) is 2.13. The number of nitrogens with one attached hydrogen (secondary N) is 1. The highest BCUT2D eigenvalue weighted by Crippen LogP contribution is 2.30. The van der Waals surface area contributed by atoms with E-state index in [2.05, 4.69) is 5.32 Å². The van der Waals surface area contributed by atoms with Crippen LogP contribution in [0.1, 0.15) is 12.8 Å². The lowest BCUT2D eigenvalue weighted by molar-refractivity contribution is -0.183. The van der Waals surface area contributed by atoms with Gasteiger partial charge in [0.15, 0.2) is 0 Å². The molecule has 2 atom stereocenters. The second-order valence-corrected chi connectivity index (χ2v) is 3.06. The predicted octanol–water partition coefficient (Wildman–Crippen LogP) is 1.00. The van der Waals surface area contributed by atoms with Gasteiger partial charge in [-0.1, -0.05) is 0 Å². The molecule has 0 aliphatic carbocycles. The molecule has 76 valence electrons. The van der Waals surface area contributed by atoms with Gasteiger partial charge in [-0.15, -0.1) is 0 Å². The zero-order valence-corrected chi connectivity index (χ0v) is 6.77. The standard InChI is InChI=1S/C7H10F3NO2/c8-7(9,10)5-4(6(12)13)2-1-3-11-5/h4-5,11H,1-3H2,(H,12,13)/t4-,5+/m1/s1. The van der Waals surface area contributed by atoms with Crippen LogP contribution in [-0.2, 0) is 4.79 Å². The number of hydrogen-bond acceptors (Lipinski definition) is 2. The maximum absolute atomic E-state index is 12.2. The Kier molecular flexibility index (Phi) is 2.80. The lowest BCUT2D eigenvalue weighted by Crippen LogP contribution is -2.53. The van der Waals surface area contributed by atoms with E-state index in [0.717, 1.165) is 0 Å². The van der Waals surface area contributed by atoms with E-state index in [1.807, 2.05) is 0 Å². The van der Waals surface area contributed by atoms with Crippen molar-refractivity contribution in [1.82, 2.24) is 5.32 Å². The van der Waals surface area contributed by atoms with Gasteiger partial charge in [0.05, 0.1) is 5.92 Å². The number of piperidine rings is 1. The Labute approximate surface area is 72.9 Å². The first-order valence-corrected chi connectivity index (χ1v) is 3.96. The van der Waals surface area contributed by atoms with Gasteiger partial charge < -0.3 is 10.4 Å². The Morgan fingerprint density at radius 1 is 1.46 bits per heavy atom. The van der Waals surface area contributed by atoms with E-state index >= 15 is 0 Å². The van der Waals surface area contributed by atoms with Gasteiger partial charge in [-0.2, -0.15) is 13.2 Å². The number of rotatable bonds is 1. The van der Waals surface area contributed by atoms with Gasteiger partial charge in [0, 0.05) is 0 Å². The molecule has 0 spiro atoms. The molecule has 1 aliphatic heterocycles. The van der Waals surface area contributed by atoms with Crippen molar-refractivity contribution in [2.75, 3.05) is 6.54 Å². The molecule has 1 aliphatic rings. The number of carboxylic acid groups (broad SMARTS) is 1. The van der Waals surface area contributed by atoms with Crippen LogP contribution in [0.5, 0.6) is 0 Å². The van der Waals surface area contributed by atoms with Crippen LogP contribution in [0.3, 0.4) is 0 Å². The highest BCUT2D eigenvalue weighted by atomic mass is 19.4.